The van der Waals surface area contributed by atoms with Gasteiger partial charge in [0.05, 0.1) is 18.7 Å². The Hall–Kier alpha value is -3.92. The Labute approximate surface area is 166 Å². The maximum absolute atomic E-state index is 12.9. The summed E-state index contributed by atoms with van der Waals surface area (Å²) in [6, 6.07) is 20.1. The predicted octanol–water partition coefficient (Wildman–Crippen LogP) is 5.09. The number of amides is 1. The zero-order valence-electron chi connectivity index (χ0n) is 15.4. The first kappa shape index (κ1) is 19.8. The van der Waals surface area contributed by atoms with Gasteiger partial charge in [-0.05, 0) is 29.8 Å². The number of methoxy groups -OCH3 is 1. The highest BCUT2D eigenvalue weighted by atomic mass is 19.3. The lowest BCUT2D eigenvalue weighted by molar-refractivity contribution is -0.0511. The summed E-state index contributed by atoms with van der Waals surface area (Å²) in [5.74, 6) is -0.531. The molecule has 0 aliphatic carbocycles. The third-order valence-electron chi connectivity index (χ3n) is 4.15. The summed E-state index contributed by atoms with van der Waals surface area (Å²) in [6.45, 7) is -3.03. The molecule has 0 saturated heterocycles. The highest BCUT2D eigenvalue weighted by molar-refractivity contribution is 6.09. The van der Waals surface area contributed by atoms with Gasteiger partial charge in [-0.2, -0.15) is 14.0 Å². The van der Waals surface area contributed by atoms with Gasteiger partial charge in [0.15, 0.2) is 11.5 Å². The van der Waals surface area contributed by atoms with Gasteiger partial charge in [-0.1, -0.05) is 36.4 Å². The molecule has 0 aromatic heterocycles. The van der Waals surface area contributed by atoms with Crippen molar-refractivity contribution < 1.29 is 23.0 Å². The standard InChI is InChI=1S/C22H16F2N2O3/c1-28-19-11-10-15(12-20(19)29-22(23)24)26-21(27)18-9-5-4-8-17(18)16-7-3-2-6-14(16)13-25/h2-12,22H,1H3,(H,26,27). The van der Waals surface area contributed by atoms with Gasteiger partial charge >= 0.3 is 6.61 Å². The lowest BCUT2D eigenvalue weighted by Gasteiger charge is -2.14. The van der Waals surface area contributed by atoms with Gasteiger partial charge in [0, 0.05) is 22.9 Å². The molecule has 7 heteroatoms. The molecule has 0 radical (unpaired) electrons. The Morgan fingerprint density at radius 3 is 2.38 bits per heavy atom. The second kappa shape index (κ2) is 8.85. The van der Waals surface area contributed by atoms with Gasteiger partial charge in [0.25, 0.3) is 5.91 Å². The molecule has 0 unspecified atom stereocenters. The van der Waals surface area contributed by atoms with Gasteiger partial charge in [0.1, 0.15) is 0 Å². The van der Waals surface area contributed by atoms with Crippen LogP contribution in [0.5, 0.6) is 11.5 Å². The van der Waals surface area contributed by atoms with Crippen LogP contribution in [0.25, 0.3) is 11.1 Å². The number of carbonyl (C=O) groups excluding carboxylic acids is 1. The van der Waals surface area contributed by atoms with Crippen molar-refractivity contribution in [3.05, 3.63) is 77.9 Å². The number of anilines is 1. The van der Waals surface area contributed by atoms with E-state index in [1.54, 1.807) is 48.5 Å². The maximum atomic E-state index is 12.9. The number of hydrogen-bond acceptors (Lipinski definition) is 4. The van der Waals surface area contributed by atoms with E-state index in [-0.39, 0.29) is 17.2 Å². The van der Waals surface area contributed by atoms with Crippen molar-refractivity contribution in [1.82, 2.24) is 0 Å². The van der Waals surface area contributed by atoms with Crippen LogP contribution in [0.15, 0.2) is 66.7 Å². The number of benzene rings is 3. The fourth-order valence-corrected chi connectivity index (χ4v) is 2.87. The van der Waals surface area contributed by atoms with Crippen molar-refractivity contribution in [2.75, 3.05) is 12.4 Å². The smallest absolute Gasteiger partial charge is 0.387 e. The molecule has 29 heavy (non-hydrogen) atoms. The Bertz CT molecular complexity index is 1080. The van der Waals surface area contributed by atoms with E-state index in [0.29, 0.717) is 22.3 Å². The van der Waals surface area contributed by atoms with Crippen LogP contribution < -0.4 is 14.8 Å². The zero-order chi connectivity index (χ0) is 20.8. The summed E-state index contributed by atoms with van der Waals surface area (Å²) < 4.78 is 34.7. The minimum atomic E-state index is -3.03. The second-order valence-electron chi connectivity index (χ2n) is 5.90. The van der Waals surface area contributed by atoms with Gasteiger partial charge in [-0.25, -0.2) is 0 Å². The van der Waals surface area contributed by atoms with Crippen LogP contribution in [0.3, 0.4) is 0 Å². The van der Waals surface area contributed by atoms with Gasteiger partial charge < -0.3 is 14.8 Å². The van der Waals surface area contributed by atoms with Crippen molar-refractivity contribution in [2.24, 2.45) is 0 Å². The van der Waals surface area contributed by atoms with Crippen LogP contribution in [0.2, 0.25) is 0 Å². The lowest BCUT2D eigenvalue weighted by Crippen LogP contribution is -2.13. The Balaban J connectivity index is 1.94. The molecular weight excluding hydrogens is 378 g/mol. The van der Waals surface area contributed by atoms with E-state index in [4.69, 9.17) is 4.74 Å². The molecule has 0 heterocycles. The number of nitriles is 1. The minimum absolute atomic E-state index is 0.117. The van der Waals surface area contributed by atoms with Gasteiger partial charge in [0.2, 0.25) is 0 Å². The van der Waals surface area contributed by atoms with Gasteiger partial charge in [-0.15, -0.1) is 0 Å². The predicted molar refractivity (Wildman–Crippen MR) is 104 cm³/mol. The molecule has 146 valence electrons. The van der Waals surface area contributed by atoms with Crippen molar-refractivity contribution in [2.45, 2.75) is 6.61 Å². The second-order valence-corrected chi connectivity index (χ2v) is 5.90. The van der Waals surface area contributed by atoms with Gasteiger partial charge in [-0.3, -0.25) is 4.79 Å². The van der Waals surface area contributed by atoms with E-state index >= 15 is 0 Å². The molecule has 5 nitrogen and oxygen atoms in total. The summed E-state index contributed by atoms with van der Waals surface area (Å²) in [5.41, 5.74) is 2.24. The van der Waals surface area contributed by atoms with E-state index in [9.17, 15) is 18.8 Å². The average Bonchev–Trinajstić information content (AvgIpc) is 2.73. The summed E-state index contributed by atoms with van der Waals surface area (Å²) >= 11 is 0. The van der Waals surface area contributed by atoms with E-state index in [1.165, 1.54) is 25.3 Å². The number of ether oxygens (including phenoxy) is 2. The first-order chi connectivity index (χ1) is 14.0. The number of nitrogens with one attached hydrogen (secondary N) is 1. The number of rotatable bonds is 6. The molecule has 0 atom stereocenters. The minimum Gasteiger partial charge on any atom is -0.493 e. The van der Waals surface area contributed by atoms with E-state index in [1.807, 2.05) is 0 Å². The number of halogens is 2. The molecule has 0 fully saturated rings. The Morgan fingerprint density at radius 2 is 1.69 bits per heavy atom. The van der Waals surface area contributed by atoms with E-state index < -0.39 is 12.5 Å². The SMILES string of the molecule is COc1ccc(NC(=O)c2ccccc2-c2ccccc2C#N)cc1OC(F)F. The number of hydrogen-bond donors (Lipinski definition) is 1. The summed E-state index contributed by atoms with van der Waals surface area (Å²) in [7, 11) is 1.33. The van der Waals surface area contributed by atoms with Crippen LogP contribution in [0.4, 0.5) is 14.5 Å². The first-order valence-corrected chi connectivity index (χ1v) is 8.56. The van der Waals surface area contributed by atoms with Crippen molar-refractivity contribution >= 4 is 11.6 Å². The van der Waals surface area contributed by atoms with E-state index in [2.05, 4.69) is 16.1 Å². The molecule has 3 aromatic carbocycles. The molecule has 1 N–H and O–H groups in total. The molecule has 0 spiro atoms. The normalized spacial score (nSPS) is 10.3. The maximum Gasteiger partial charge on any atom is 0.387 e. The first-order valence-electron chi connectivity index (χ1n) is 8.56. The fourth-order valence-electron chi connectivity index (χ4n) is 2.87. The van der Waals surface area contributed by atoms with Crippen molar-refractivity contribution in [3.63, 3.8) is 0 Å². The van der Waals surface area contributed by atoms with E-state index in [0.717, 1.165) is 0 Å². The topological polar surface area (TPSA) is 71.3 Å². The highest BCUT2D eigenvalue weighted by Gasteiger charge is 2.17. The highest BCUT2D eigenvalue weighted by Crippen LogP contribution is 2.32. The molecule has 0 bridgehead atoms. The van der Waals surface area contributed by atoms with Crippen molar-refractivity contribution in [1.29, 1.82) is 5.26 Å². The Morgan fingerprint density at radius 1 is 1.00 bits per heavy atom. The summed E-state index contributed by atoms with van der Waals surface area (Å²) in [5, 5.41) is 12.0. The molecule has 3 aromatic rings. The van der Waals surface area contributed by atoms with Crippen LogP contribution in [0, 0.1) is 11.3 Å². The van der Waals surface area contributed by atoms with Crippen LogP contribution in [0.1, 0.15) is 15.9 Å². The third-order valence-corrected chi connectivity index (χ3v) is 4.15. The monoisotopic (exact) mass is 394 g/mol. The van der Waals surface area contributed by atoms with Crippen LogP contribution in [-0.4, -0.2) is 19.6 Å². The fraction of sp³-hybridized carbons (Fsp3) is 0.0909. The molecule has 3 rings (SSSR count). The number of alkyl halides is 2. The average molecular weight is 394 g/mol. The largest absolute Gasteiger partial charge is 0.493 e. The van der Waals surface area contributed by atoms with Crippen LogP contribution >= 0.6 is 0 Å². The molecule has 1 amide bonds. The lowest BCUT2D eigenvalue weighted by atomic mass is 9.95. The Kier molecular flexibility index (Phi) is 6.05. The van der Waals surface area contributed by atoms with Crippen molar-refractivity contribution in [3.8, 4) is 28.7 Å². The summed E-state index contributed by atoms with van der Waals surface area (Å²) in [6.07, 6.45) is 0. The quantitative estimate of drug-likeness (QED) is 0.632. The number of nitrogens with zero attached hydrogens (tertiary/aromatic N) is 1. The molecule has 0 aliphatic heterocycles. The summed E-state index contributed by atoms with van der Waals surface area (Å²) in [4.78, 5) is 12.9. The number of carbonyl (C=O) groups is 1. The molecule has 0 aliphatic rings. The zero-order valence-corrected chi connectivity index (χ0v) is 15.4. The molecule has 0 saturated carbocycles. The third kappa shape index (κ3) is 4.50. The van der Waals surface area contributed by atoms with Crippen LogP contribution in [-0.2, 0) is 0 Å². The molecular formula is C22H16F2N2O3.